The van der Waals surface area contributed by atoms with Gasteiger partial charge in [-0.25, -0.2) is 9.97 Å². The number of aryl methyl sites for hydroxylation is 1. The normalized spacial score (nSPS) is 14.6. The lowest BCUT2D eigenvalue weighted by Gasteiger charge is -2.13. The molecule has 1 N–H and O–H groups in total. The SMILES string of the molecule is c1csc(Nc2ccc3ncc(-c4cnn(CCCN5CCCC5)c4)cc3n2)n1. The molecular formula is C21H23N7S. The van der Waals surface area contributed by atoms with Crippen LogP contribution in [0.15, 0.2) is 48.4 Å². The first kappa shape index (κ1) is 18.2. The Bertz CT molecular complexity index is 1080. The van der Waals surface area contributed by atoms with Crippen molar-refractivity contribution in [2.24, 2.45) is 0 Å². The maximum atomic E-state index is 4.70. The fourth-order valence-electron chi connectivity index (χ4n) is 3.73. The highest BCUT2D eigenvalue weighted by atomic mass is 32.1. The van der Waals surface area contributed by atoms with E-state index in [1.165, 1.54) is 25.9 Å². The fraction of sp³-hybridized carbons (Fsp3) is 0.333. The monoisotopic (exact) mass is 405 g/mol. The zero-order chi connectivity index (χ0) is 19.5. The molecule has 0 spiro atoms. The van der Waals surface area contributed by atoms with Gasteiger partial charge in [0.25, 0.3) is 0 Å². The minimum absolute atomic E-state index is 0.768. The molecule has 0 bridgehead atoms. The molecule has 0 saturated carbocycles. The van der Waals surface area contributed by atoms with Gasteiger partial charge in [0.05, 0.1) is 17.2 Å². The van der Waals surface area contributed by atoms with E-state index in [4.69, 9.17) is 4.98 Å². The first-order chi connectivity index (χ1) is 14.3. The summed E-state index contributed by atoms with van der Waals surface area (Å²) >= 11 is 1.55. The van der Waals surface area contributed by atoms with E-state index in [1.807, 2.05) is 34.6 Å². The van der Waals surface area contributed by atoms with Crippen molar-refractivity contribution in [3.63, 3.8) is 0 Å². The van der Waals surface area contributed by atoms with Gasteiger partial charge in [0.15, 0.2) is 5.13 Å². The molecule has 7 nitrogen and oxygen atoms in total. The minimum Gasteiger partial charge on any atom is -0.316 e. The number of likely N-dealkylation sites (tertiary alicyclic amines) is 1. The molecule has 0 aliphatic carbocycles. The lowest BCUT2D eigenvalue weighted by atomic mass is 10.1. The van der Waals surface area contributed by atoms with E-state index in [-0.39, 0.29) is 0 Å². The van der Waals surface area contributed by atoms with Crippen LogP contribution in [-0.2, 0) is 6.54 Å². The average Bonchev–Trinajstić information content (AvgIpc) is 3.51. The van der Waals surface area contributed by atoms with Crippen LogP contribution in [0.1, 0.15) is 19.3 Å². The molecule has 4 aromatic heterocycles. The lowest BCUT2D eigenvalue weighted by molar-refractivity contribution is 0.322. The van der Waals surface area contributed by atoms with Crippen LogP contribution in [-0.4, -0.2) is 49.3 Å². The largest absolute Gasteiger partial charge is 0.316 e. The molecule has 0 amide bonds. The van der Waals surface area contributed by atoms with Crippen LogP contribution < -0.4 is 5.32 Å². The third kappa shape index (κ3) is 4.28. The van der Waals surface area contributed by atoms with Crippen LogP contribution in [0.2, 0.25) is 0 Å². The second-order valence-corrected chi connectivity index (χ2v) is 8.21. The molecule has 0 radical (unpaired) electrons. The fourth-order valence-corrected chi connectivity index (χ4v) is 4.26. The van der Waals surface area contributed by atoms with Crippen molar-refractivity contribution in [1.29, 1.82) is 0 Å². The molecule has 5 heterocycles. The van der Waals surface area contributed by atoms with Gasteiger partial charge in [-0.2, -0.15) is 5.10 Å². The smallest absolute Gasteiger partial charge is 0.188 e. The van der Waals surface area contributed by atoms with E-state index in [9.17, 15) is 0 Å². The predicted molar refractivity (Wildman–Crippen MR) is 116 cm³/mol. The Morgan fingerprint density at radius 2 is 1.93 bits per heavy atom. The Hall–Kier alpha value is -2.84. The molecule has 4 aromatic rings. The zero-order valence-electron chi connectivity index (χ0n) is 16.2. The van der Waals surface area contributed by atoms with Gasteiger partial charge in [-0.05, 0) is 57.1 Å². The maximum absolute atomic E-state index is 4.70. The number of hydrogen-bond donors (Lipinski definition) is 1. The Labute approximate surface area is 173 Å². The van der Waals surface area contributed by atoms with Gasteiger partial charge in [-0.3, -0.25) is 9.67 Å². The molecular weight excluding hydrogens is 382 g/mol. The molecule has 148 valence electrons. The maximum Gasteiger partial charge on any atom is 0.188 e. The summed E-state index contributed by atoms with van der Waals surface area (Å²) in [6, 6.07) is 5.97. The Balaban J connectivity index is 1.29. The number of fused-ring (bicyclic) bond motifs is 1. The molecule has 1 aliphatic rings. The summed E-state index contributed by atoms with van der Waals surface area (Å²) in [7, 11) is 0. The van der Waals surface area contributed by atoms with Gasteiger partial charge in [0.2, 0.25) is 0 Å². The number of nitrogens with one attached hydrogen (secondary N) is 1. The highest BCUT2D eigenvalue weighted by Gasteiger charge is 2.11. The average molecular weight is 406 g/mol. The van der Waals surface area contributed by atoms with Gasteiger partial charge in [0.1, 0.15) is 5.82 Å². The summed E-state index contributed by atoms with van der Waals surface area (Å²) in [5.74, 6) is 0.768. The Morgan fingerprint density at radius 1 is 1.00 bits per heavy atom. The van der Waals surface area contributed by atoms with Gasteiger partial charge >= 0.3 is 0 Å². The van der Waals surface area contributed by atoms with E-state index in [0.717, 1.165) is 52.6 Å². The number of pyridine rings is 2. The summed E-state index contributed by atoms with van der Waals surface area (Å²) < 4.78 is 2.03. The zero-order valence-corrected chi connectivity index (χ0v) is 17.0. The Kier molecular flexibility index (Phi) is 5.19. The first-order valence-corrected chi connectivity index (χ1v) is 10.9. The highest BCUT2D eigenvalue weighted by molar-refractivity contribution is 7.13. The molecule has 0 atom stereocenters. The Morgan fingerprint density at radius 3 is 2.79 bits per heavy atom. The van der Waals surface area contributed by atoms with Crippen LogP contribution in [0.4, 0.5) is 10.9 Å². The third-order valence-electron chi connectivity index (χ3n) is 5.23. The van der Waals surface area contributed by atoms with E-state index >= 15 is 0 Å². The van der Waals surface area contributed by atoms with Gasteiger partial charge in [-0.1, -0.05) is 0 Å². The topological polar surface area (TPSA) is 71.8 Å². The molecule has 1 aliphatic heterocycles. The first-order valence-electron chi connectivity index (χ1n) is 10.0. The molecule has 5 rings (SSSR count). The molecule has 8 heteroatoms. The quantitative estimate of drug-likeness (QED) is 0.497. The summed E-state index contributed by atoms with van der Waals surface area (Å²) in [5, 5.41) is 10.5. The van der Waals surface area contributed by atoms with Crippen LogP contribution >= 0.6 is 11.3 Å². The van der Waals surface area contributed by atoms with Crippen molar-refractivity contribution in [1.82, 2.24) is 29.6 Å². The minimum atomic E-state index is 0.768. The van der Waals surface area contributed by atoms with Crippen LogP contribution in [0.25, 0.3) is 22.2 Å². The molecule has 1 fully saturated rings. The van der Waals surface area contributed by atoms with Crippen LogP contribution in [0.5, 0.6) is 0 Å². The number of hydrogen-bond acceptors (Lipinski definition) is 7. The summed E-state index contributed by atoms with van der Waals surface area (Å²) in [4.78, 5) is 16.1. The van der Waals surface area contributed by atoms with Gasteiger partial charge in [-0.15, -0.1) is 11.3 Å². The number of thiazole rings is 1. The standard InChI is InChI=1S/C21H23N7S/c1-2-8-27(7-1)9-3-10-28-15-17(14-24-28)16-12-19-18(23-13-16)4-5-20(25-19)26-21-22-6-11-29-21/h4-6,11-15H,1-3,7-10H2,(H,22,25,26). The van der Waals surface area contributed by atoms with Gasteiger partial charge < -0.3 is 10.2 Å². The second-order valence-electron chi connectivity index (χ2n) is 7.32. The number of rotatable bonds is 7. The predicted octanol–water partition coefficient (Wildman–Crippen LogP) is 4.18. The van der Waals surface area contributed by atoms with Gasteiger partial charge in [0, 0.05) is 41.6 Å². The molecule has 0 unspecified atom stereocenters. The highest BCUT2D eigenvalue weighted by Crippen LogP contribution is 2.24. The molecule has 1 saturated heterocycles. The van der Waals surface area contributed by atoms with E-state index in [0.29, 0.717) is 0 Å². The molecule has 0 aromatic carbocycles. The van der Waals surface area contributed by atoms with E-state index < -0.39 is 0 Å². The summed E-state index contributed by atoms with van der Waals surface area (Å²) in [6.45, 7) is 4.60. The number of aromatic nitrogens is 5. The number of anilines is 2. The van der Waals surface area contributed by atoms with Crippen molar-refractivity contribution in [2.75, 3.05) is 25.0 Å². The summed E-state index contributed by atoms with van der Waals surface area (Å²) in [5.41, 5.74) is 3.82. The van der Waals surface area contributed by atoms with Crippen molar-refractivity contribution >= 4 is 33.3 Å². The van der Waals surface area contributed by atoms with Crippen molar-refractivity contribution in [2.45, 2.75) is 25.8 Å². The second kappa shape index (κ2) is 8.26. The lowest BCUT2D eigenvalue weighted by Crippen LogP contribution is -2.21. The summed E-state index contributed by atoms with van der Waals surface area (Å²) in [6.07, 6.45) is 11.5. The van der Waals surface area contributed by atoms with Crippen LogP contribution in [0, 0.1) is 0 Å². The van der Waals surface area contributed by atoms with Crippen molar-refractivity contribution in [3.8, 4) is 11.1 Å². The van der Waals surface area contributed by atoms with E-state index in [2.05, 4.69) is 37.5 Å². The van der Waals surface area contributed by atoms with Crippen molar-refractivity contribution < 1.29 is 0 Å². The third-order valence-corrected chi connectivity index (χ3v) is 5.92. The molecule has 29 heavy (non-hydrogen) atoms. The van der Waals surface area contributed by atoms with Crippen LogP contribution in [0.3, 0.4) is 0 Å². The van der Waals surface area contributed by atoms with E-state index in [1.54, 1.807) is 17.5 Å². The van der Waals surface area contributed by atoms with Crippen molar-refractivity contribution in [3.05, 3.63) is 48.4 Å². The number of nitrogens with zero attached hydrogens (tertiary/aromatic N) is 6.